The summed E-state index contributed by atoms with van der Waals surface area (Å²) in [5.74, 6) is 6.59. The monoisotopic (exact) mass is 401 g/mol. The van der Waals surface area contributed by atoms with Gasteiger partial charge in [-0.1, -0.05) is 17.9 Å². The van der Waals surface area contributed by atoms with Gasteiger partial charge in [0.05, 0.1) is 17.9 Å². The molecule has 0 atom stereocenters. The molecule has 3 heterocycles. The molecule has 0 aliphatic rings. The molecule has 0 saturated carbocycles. The lowest BCUT2D eigenvalue weighted by Gasteiger charge is -2.16. The largest absolute Gasteiger partial charge is 0.384 e. The highest BCUT2D eigenvalue weighted by molar-refractivity contribution is 5.92. The summed E-state index contributed by atoms with van der Waals surface area (Å²) in [4.78, 5) is 26.8. The van der Waals surface area contributed by atoms with Gasteiger partial charge in [0.1, 0.15) is 11.5 Å². The van der Waals surface area contributed by atoms with Crippen LogP contribution in [0.2, 0.25) is 0 Å². The smallest absolute Gasteiger partial charge is 0.272 e. The number of carbonyl (C=O) groups excluding carboxylic acids is 1. The van der Waals surface area contributed by atoms with E-state index in [0.29, 0.717) is 24.7 Å². The average molecular weight is 401 g/mol. The Kier molecular flexibility index (Phi) is 6.73. The third kappa shape index (κ3) is 4.99. The van der Waals surface area contributed by atoms with Crippen LogP contribution < -0.4 is 5.73 Å². The number of rotatable bonds is 5. The average Bonchev–Trinajstić information content (AvgIpc) is 2.77. The summed E-state index contributed by atoms with van der Waals surface area (Å²) in [6, 6.07) is 9.02. The summed E-state index contributed by atoms with van der Waals surface area (Å²) >= 11 is 0. The number of pyridine rings is 3. The quantitative estimate of drug-likeness (QED) is 0.661. The second-order valence-corrected chi connectivity index (χ2v) is 6.69. The third-order valence-corrected chi connectivity index (χ3v) is 4.53. The fourth-order valence-electron chi connectivity index (χ4n) is 2.78. The van der Waals surface area contributed by atoms with Gasteiger partial charge in [0.15, 0.2) is 0 Å². The van der Waals surface area contributed by atoms with Crippen LogP contribution in [-0.2, 0) is 4.74 Å². The molecule has 0 fully saturated rings. The number of hydrogen-bond acceptors (Lipinski definition) is 6. The molecule has 7 heteroatoms. The molecule has 0 aromatic carbocycles. The van der Waals surface area contributed by atoms with Crippen LogP contribution in [0.1, 0.15) is 27.3 Å². The molecule has 0 bridgehead atoms. The van der Waals surface area contributed by atoms with Gasteiger partial charge in [-0.15, -0.1) is 0 Å². The van der Waals surface area contributed by atoms with Gasteiger partial charge < -0.3 is 15.4 Å². The molecule has 152 valence electrons. The minimum absolute atomic E-state index is 0.152. The SMILES string of the molecule is COCCN(C)C(=O)c1ccc(-c2ccnc(C)c2C#Cc2ccc(N)nc2)cn1. The molecule has 7 nitrogen and oxygen atoms in total. The van der Waals surface area contributed by atoms with Gasteiger partial charge in [0.2, 0.25) is 0 Å². The van der Waals surface area contributed by atoms with Gasteiger partial charge in [-0.25, -0.2) is 4.98 Å². The summed E-state index contributed by atoms with van der Waals surface area (Å²) in [5, 5.41) is 0. The van der Waals surface area contributed by atoms with Crippen molar-refractivity contribution in [2.75, 3.05) is 33.0 Å². The summed E-state index contributed by atoms with van der Waals surface area (Å²) in [7, 11) is 3.33. The molecule has 0 aliphatic carbocycles. The number of nitrogen functional groups attached to an aromatic ring is 1. The first kappa shape index (κ1) is 21.0. The molecule has 0 spiro atoms. The zero-order chi connectivity index (χ0) is 21.5. The van der Waals surface area contributed by atoms with Crippen molar-refractivity contribution in [3.8, 4) is 23.0 Å². The summed E-state index contributed by atoms with van der Waals surface area (Å²) < 4.78 is 5.02. The molecule has 0 aliphatic heterocycles. The van der Waals surface area contributed by atoms with E-state index >= 15 is 0 Å². The van der Waals surface area contributed by atoms with E-state index in [-0.39, 0.29) is 5.91 Å². The number of nitrogens with two attached hydrogens (primary N) is 1. The molecule has 1 amide bonds. The molecule has 3 rings (SSSR count). The highest BCUT2D eigenvalue weighted by atomic mass is 16.5. The molecular formula is C23H23N5O2. The van der Waals surface area contributed by atoms with E-state index in [9.17, 15) is 4.79 Å². The van der Waals surface area contributed by atoms with Gasteiger partial charge in [0, 0.05) is 56.0 Å². The number of nitrogens with zero attached hydrogens (tertiary/aromatic N) is 4. The lowest BCUT2D eigenvalue weighted by atomic mass is 10.0. The number of aryl methyl sites for hydroxylation is 1. The van der Waals surface area contributed by atoms with E-state index < -0.39 is 0 Å². The van der Waals surface area contributed by atoms with E-state index in [1.807, 2.05) is 25.1 Å². The highest BCUT2D eigenvalue weighted by Crippen LogP contribution is 2.24. The third-order valence-electron chi connectivity index (χ3n) is 4.53. The van der Waals surface area contributed by atoms with Crippen LogP contribution in [0.3, 0.4) is 0 Å². The predicted octanol–water partition coefficient (Wildman–Crippen LogP) is 2.55. The number of amides is 1. The van der Waals surface area contributed by atoms with Gasteiger partial charge in [-0.3, -0.25) is 14.8 Å². The van der Waals surface area contributed by atoms with E-state index in [4.69, 9.17) is 10.5 Å². The van der Waals surface area contributed by atoms with Crippen molar-refractivity contribution >= 4 is 11.7 Å². The normalized spacial score (nSPS) is 10.2. The summed E-state index contributed by atoms with van der Waals surface area (Å²) in [6.07, 6.45) is 5.05. The maximum atomic E-state index is 12.5. The van der Waals surface area contributed by atoms with Crippen LogP contribution in [0, 0.1) is 18.8 Å². The van der Waals surface area contributed by atoms with Crippen LogP contribution in [0.5, 0.6) is 0 Å². The van der Waals surface area contributed by atoms with Crippen LogP contribution in [-0.4, -0.2) is 53.1 Å². The van der Waals surface area contributed by atoms with Crippen LogP contribution in [0.4, 0.5) is 5.82 Å². The Hall–Kier alpha value is -3.76. The maximum Gasteiger partial charge on any atom is 0.272 e. The zero-order valence-corrected chi connectivity index (χ0v) is 17.2. The molecule has 30 heavy (non-hydrogen) atoms. The first-order valence-corrected chi connectivity index (χ1v) is 9.39. The van der Waals surface area contributed by atoms with Crippen LogP contribution >= 0.6 is 0 Å². The molecule has 0 radical (unpaired) electrons. The Balaban J connectivity index is 1.89. The summed E-state index contributed by atoms with van der Waals surface area (Å²) in [5.41, 5.74) is 10.1. The number of hydrogen-bond donors (Lipinski definition) is 1. The van der Waals surface area contributed by atoms with Gasteiger partial charge in [0.25, 0.3) is 5.91 Å². The zero-order valence-electron chi connectivity index (χ0n) is 17.2. The maximum absolute atomic E-state index is 12.5. The van der Waals surface area contributed by atoms with E-state index in [0.717, 1.165) is 27.9 Å². The number of likely N-dealkylation sites (N-methyl/N-ethyl adjacent to an activating group) is 1. The fraction of sp³-hybridized carbons (Fsp3) is 0.217. The number of carbonyl (C=O) groups is 1. The van der Waals surface area contributed by atoms with Crippen molar-refractivity contribution in [2.24, 2.45) is 0 Å². The van der Waals surface area contributed by atoms with Crippen LogP contribution in [0.15, 0.2) is 48.9 Å². The second kappa shape index (κ2) is 9.63. The minimum Gasteiger partial charge on any atom is -0.384 e. The molecule has 3 aromatic heterocycles. The number of anilines is 1. The van der Waals surface area contributed by atoms with Crippen molar-refractivity contribution in [1.82, 2.24) is 19.9 Å². The lowest BCUT2D eigenvalue weighted by molar-refractivity contribution is 0.0738. The second-order valence-electron chi connectivity index (χ2n) is 6.69. The Morgan fingerprint density at radius 3 is 2.60 bits per heavy atom. The van der Waals surface area contributed by atoms with Crippen molar-refractivity contribution in [1.29, 1.82) is 0 Å². The highest BCUT2D eigenvalue weighted by Gasteiger charge is 2.14. The van der Waals surface area contributed by atoms with Crippen LogP contribution in [0.25, 0.3) is 11.1 Å². The van der Waals surface area contributed by atoms with Crippen molar-refractivity contribution in [3.05, 3.63) is 71.4 Å². The van der Waals surface area contributed by atoms with Crippen molar-refractivity contribution in [2.45, 2.75) is 6.92 Å². The van der Waals surface area contributed by atoms with E-state index in [2.05, 4.69) is 26.8 Å². The first-order valence-electron chi connectivity index (χ1n) is 9.39. The Morgan fingerprint density at radius 1 is 1.10 bits per heavy atom. The van der Waals surface area contributed by atoms with Gasteiger partial charge in [-0.05, 0) is 31.2 Å². The van der Waals surface area contributed by atoms with E-state index in [1.54, 1.807) is 49.8 Å². The summed E-state index contributed by atoms with van der Waals surface area (Å²) in [6.45, 7) is 2.88. The topological polar surface area (TPSA) is 94.2 Å². The molecular weight excluding hydrogens is 378 g/mol. The Bertz CT molecular complexity index is 1080. The van der Waals surface area contributed by atoms with Crippen molar-refractivity contribution in [3.63, 3.8) is 0 Å². The predicted molar refractivity (Wildman–Crippen MR) is 116 cm³/mol. The number of methoxy groups -OCH3 is 1. The Labute approximate surface area is 175 Å². The first-order chi connectivity index (χ1) is 14.5. The Morgan fingerprint density at radius 2 is 1.93 bits per heavy atom. The lowest BCUT2D eigenvalue weighted by Crippen LogP contribution is -2.30. The minimum atomic E-state index is -0.152. The molecule has 3 aromatic rings. The fourth-order valence-corrected chi connectivity index (χ4v) is 2.78. The van der Waals surface area contributed by atoms with Gasteiger partial charge in [-0.2, -0.15) is 0 Å². The number of aromatic nitrogens is 3. The van der Waals surface area contributed by atoms with Gasteiger partial charge >= 0.3 is 0 Å². The number of ether oxygens (including phenoxy) is 1. The molecule has 2 N–H and O–H groups in total. The van der Waals surface area contributed by atoms with E-state index in [1.165, 1.54) is 0 Å². The standard InChI is InChI=1S/C23H23N5O2/c1-16-19(7-4-17-5-9-22(24)27-14-17)20(10-11-25-16)18-6-8-21(26-15-18)23(29)28(2)12-13-30-3/h5-6,8-11,14-15H,12-13H2,1-3H3,(H2,24,27). The molecule has 0 unspecified atom stereocenters. The van der Waals surface area contributed by atoms with Crippen molar-refractivity contribution < 1.29 is 9.53 Å². The molecule has 0 saturated heterocycles.